The third kappa shape index (κ3) is 2.13. The number of H-pyrrole nitrogens is 1. The van der Waals surface area contributed by atoms with Crippen LogP contribution in [0.15, 0.2) is 30.4 Å². The fraction of sp³-hybridized carbons (Fsp3) is 0.474. The van der Waals surface area contributed by atoms with Crippen molar-refractivity contribution in [1.82, 2.24) is 9.88 Å². The number of nitrogens with one attached hydrogen (secondary N) is 1. The third-order valence-electron chi connectivity index (χ3n) is 5.26. The lowest BCUT2D eigenvalue weighted by molar-refractivity contribution is 0.177. The molecule has 2 heteroatoms. The molecule has 1 N–H and O–H groups in total. The van der Waals surface area contributed by atoms with E-state index in [1.807, 2.05) is 0 Å². The number of aromatic nitrogens is 1. The lowest BCUT2D eigenvalue weighted by Crippen LogP contribution is -2.36. The zero-order valence-electron chi connectivity index (χ0n) is 13.0. The molecule has 1 aliphatic carbocycles. The van der Waals surface area contributed by atoms with Gasteiger partial charge in [0.05, 0.1) is 0 Å². The number of likely N-dealkylation sites (N-methyl/N-ethyl adjacent to an activating group) is 1. The van der Waals surface area contributed by atoms with E-state index in [0.717, 1.165) is 13.0 Å². The van der Waals surface area contributed by atoms with Crippen LogP contribution in [-0.2, 0) is 6.42 Å². The first-order valence-electron chi connectivity index (χ1n) is 8.22. The number of fused-ring (bicyclic) bond motifs is 3. The van der Waals surface area contributed by atoms with Crippen molar-refractivity contribution < 1.29 is 0 Å². The summed E-state index contributed by atoms with van der Waals surface area (Å²) in [4.78, 5) is 6.25. The fourth-order valence-corrected chi connectivity index (χ4v) is 4.21. The standard InChI is InChI=1S/C19H24N2/c1-13-8-9-16-15(12-13)18-17(20-16)10-11-21(2)19(18)14-6-4-3-5-7-14/h4,6,8-9,12,14,19-20H,3,5,7,10-11H2,1-2H3. The summed E-state index contributed by atoms with van der Waals surface area (Å²) in [6, 6.07) is 7.37. The molecule has 2 aromatic rings. The van der Waals surface area contributed by atoms with Crippen molar-refractivity contribution in [2.75, 3.05) is 13.6 Å². The molecule has 0 saturated carbocycles. The minimum atomic E-state index is 0.542. The van der Waals surface area contributed by atoms with Crippen LogP contribution in [0.3, 0.4) is 0 Å². The average molecular weight is 280 g/mol. The van der Waals surface area contributed by atoms with Crippen molar-refractivity contribution in [1.29, 1.82) is 0 Å². The van der Waals surface area contributed by atoms with Gasteiger partial charge in [0.1, 0.15) is 0 Å². The van der Waals surface area contributed by atoms with Crippen LogP contribution in [-0.4, -0.2) is 23.5 Å². The van der Waals surface area contributed by atoms with Crippen LogP contribution < -0.4 is 0 Å². The van der Waals surface area contributed by atoms with Gasteiger partial charge in [-0.3, -0.25) is 4.90 Å². The molecule has 2 nitrogen and oxygen atoms in total. The van der Waals surface area contributed by atoms with E-state index in [-0.39, 0.29) is 0 Å². The molecule has 2 atom stereocenters. The number of hydrogen-bond acceptors (Lipinski definition) is 1. The maximum Gasteiger partial charge on any atom is 0.0459 e. The van der Waals surface area contributed by atoms with Gasteiger partial charge in [-0.1, -0.05) is 23.8 Å². The van der Waals surface area contributed by atoms with Crippen LogP contribution in [0.2, 0.25) is 0 Å². The van der Waals surface area contributed by atoms with E-state index in [0.29, 0.717) is 12.0 Å². The summed E-state index contributed by atoms with van der Waals surface area (Å²) in [5.41, 5.74) is 5.71. The van der Waals surface area contributed by atoms with E-state index < -0.39 is 0 Å². The van der Waals surface area contributed by atoms with Gasteiger partial charge in [-0.25, -0.2) is 0 Å². The summed E-state index contributed by atoms with van der Waals surface area (Å²) in [7, 11) is 2.30. The van der Waals surface area contributed by atoms with E-state index in [1.54, 1.807) is 5.56 Å². The summed E-state index contributed by atoms with van der Waals surface area (Å²) in [5, 5.41) is 1.44. The summed E-state index contributed by atoms with van der Waals surface area (Å²) in [5.74, 6) is 0.669. The molecule has 1 aliphatic heterocycles. The van der Waals surface area contributed by atoms with Gasteiger partial charge in [0.15, 0.2) is 0 Å². The molecule has 0 radical (unpaired) electrons. The van der Waals surface area contributed by atoms with Gasteiger partial charge in [-0.15, -0.1) is 0 Å². The smallest absolute Gasteiger partial charge is 0.0459 e. The molecule has 1 aromatic carbocycles. The van der Waals surface area contributed by atoms with Crippen LogP contribution in [0, 0.1) is 12.8 Å². The molecule has 0 fully saturated rings. The normalized spacial score (nSPS) is 26.2. The Bertz CT molecular complexity index is 695. The third-order valence-corrected chi connectivity index (χ3v) is 5.26. The number of aryl methyl sites for hydroxylation is 1. The van der Waals surface area contributed by atoms with Gasteiger partial charge in [-0.05, 0) is 56.8 Å². The van der Waals surface area contributed by atoms with Crippen LogP contribution in [0.5, 0.6) is 0 Å². The Balaban J connectivity index is 1.89. The highest BCUT2D eigenvalue weighted by atomic mass is 15.1. The van der Waals surface area contributed by atoms with E-state index in [4.69, 9.17) is 0 Å². The van der Waals surface area contributed by atoms with Gasteiger partial charge in [0.2, 0.25) is 0 Å². The van der Waals surface area contributed by atoms with Crippen LogP contribution in [0.4, 0.5) is 0 Å². The number of benzene rings is 1. The molecule has 0 saturated heterocycles. The Morgan fingerprint density at radius 3 is 3.00 bits per heavy atom. The number of rotatable bonds is 1. The monoisotopic (exact) mass is 280 g/mol. The van der Waals surface area contributed by atoms with E-state index in [1.165, 1.54) is 41.4 Å². The van der Waals surface area contributed by atoms with Crippen molar-refractivity contribution in [2.24, 2.45) is 5.92 Å². The first kappa shape index (κ1) is 13.1. The Kier molecular flexibility index (Phi) is 3.15. The molecule has 0 amide bonds. The summed E-state index contributed by atoms with van der Waals surface area (Å²) in [6.07, 6.45) is 9.91. The predicted octanol–water partition coefficient (Wildman–Crippen LogP) is 4.36. The first-order chi connectivity index (χ1) is 10.2. The molecule has 2 aliphatic rings. The second-order valence-corrected chi connectivity index (χ2v) is 6.76. The second-order valence-electron chi connectivity index (χ2n) is 6.76. The predicted molar refractivity (Wildman–Crippen MR) is 88.6 cm³/mol. The number of allylic oxidation sites excluding steroid dienone is 1. The van der Waals surface area contributed by atoms with Gasteiger partial charge >= 0.3 is 0 Å². The zero-order valence-corrected chi connectivity index (χ0v) is 13.0. The van der Waals surface area contributed by atoms with Gasteiger partial charge < -0.3 is 4.98 Å². The van der Waals surface area contributed by atoms with Gasteiger partial charge in [-0.2, -0.15) is 0 Å². The lowest BCUT2D eigenvalue weighted by Gasteiger charge is -2.38. The zero-order chi connectivity index (χ0) is 14.4. The van der Waals surface area contributed by atoms with Crippen molar-refractivity contribution in [3.8, 4) is 0 Å². The van der Waals surface area contributed by atoms with Crippen LogP contribution in [0.25, 0.3) is 10.9 Å². The second kappa shape index (κ2) is 5.03. The summed E-state index contributed by atoms with van der Waals surface area (Å²) in [6.45, 7) is 3.36. The fourth-order valence-electron chi connectivity index (χ4n) is 4.21. The quantitative estimate of drug-likeness (QED) is 0.769. The number of nitrogens with zero attached hydrogens (tertiary/aromatic N) is 1. The van der Waals surface area contributed by atoms with Gasteiger partial charge in [0.25, 0.3) is 0 Å². The molecule has 4 rings (SSSR count). The highest BCUT2D eigenvalue weighted by Crippen LogP contribution is 2.42. The van der Waals surface area contributed by atoms with E-state index >= 15 is 0 Å². The molecule has 21 heavy (non-hydrogen) atoms. The molecule has 1 aromatic heterocycles. The molecule has 2 heterocycles. The molecule has 0 spiro atoms. The SMILES string of the molecule is Cc1ccc2[nH]c3c(c2c1)C(C1C=CCCC1)N(C)CC3. The number of aromatic amines is 1. The Hall–Kier alpha value is -1.54. The highest BCUT2D eigenvalue weighted by Gasteiger charge is 2.33. The topological polar surface area (TPSA) is 19.0 Å². The Labute approximate surface area is 126 Å². The average Bonchev–Trinajstić information content (AvgIpc) is 2.86. The first-order valence-corrected chi connectivity index (χ1v) is 8.22. The van der Waals surface area contributed by atoms with Crippen molar-refractivity contribution in [3.05, 3.63) is 47.2 Å². The van der Waals surface area contributed by atoms with Gasteiger partial charge in [0, 0.05) is 35.6 Å². The Morgan fingerprint density at radius 1 is 1.29 bits per heavy atom. The summed E-state index contributed by atoms with van der Waals surface area (Å²) >= 11 is 0. The van der Waals surface area contributed by atoms with Crippen molar-refractivity contribution >= 4 is 10.9 Å². The maximum atomic E-state index is 3.68. The molecule has 2 unspecified atom stereocenters. The van der Waals surface area contributed by atoms with E-state index in [9.17, 15) is 0 Å². The minimum absolute atomic E-state index is 0.542. The van der Waals surface area contributed by atoms with Crippen LogP contribution >= 0.6 is 0 Å². The van der Waals surface area contributed by atoms with Crippen molar-refractivity contribution in [2.45, 2.75) is 38.6 Å². The van der Waals surface area contributed by atoms with E-state index in [2.05, 4.69) is 54.2 Å². The maximum absolute atomic E-state index is 3.68. The summed E-state index contributed by atoms with van der Waals surface area (Å²) < 4.78 is 0. The Morgan fingerprint density at radius 2 is 2.19 bits per heavy atom. The molecule has 0 bridgehead atoms. The molecule has 110 valence electrons. The lowest BCUT2D eigenvalue weighted by atomic mass is 9.81. The molecular formula is C19H24N2. The minimum Gasteiger partial charge on any atom is -0.358 e. The van der Waals surface area contributed by atoms with Crippen LogP contribution in [0.1, 0.15) is 42.1 Å². The largest absolute Gasteiger partial charge is 0.358 e. The molecular weight excluding hydrogens is 256 g/mol. The highest BCUT2D eigenvalue weighted by molar-refractivity contribution is 5.86. The number of hydrogen-bond donors (Lipinski definition) is 1. The van der Waals surface area contributed by atoms with Crippen molar-refractivity contribution in [3.63, 3.8) is 0 Å².